The molecule has 0 N–H and O–H groups in total. The molecule has 1 aliphatic heterocycles. The van der Waals surface area contributed by atoms with Crippen molar-refractivity contribution in [2.75, 3.05) is 26.2 Å². The van der Waals surface area contributed by atoms with Crippen molar-refractivity contribution in [1.29, 1.82) is 0 Å². The lowest BCUT2D eigenvalue weighted by Crippen LogP contribution is -2.50. The molecule has 0 unspecified atom stereocenters. The maximum absolute atomic E-state index is 12.9. The van der Waals surface area contributed by atoms with Gasteiger partial charge in [-0.05, 0) is 37.6 Å². The average molecular weight is 376 g/mol. The summed E-state index contributed by atoms with van der Waals surface area (Å²) in [5, 5.41) is 0. The van der Waals surface area contributed by atoms with Gasteiger partial charge in [-0.3, -0.25) is 4.79 Å². The lowest BCUT2D eigenvalue weighted by atomic mass is 10.2. The maximum atomic E-state index is 12.9. The molecule has 0 aliphatic carbocycles. The molecule has 0 saturated carbocycles. The standard InChI is InChI=1S/C19H24N2O4S/c1-4-16-6-7-17(25-16)19(22)20-9-11-21(12-10-20)26(23,24)18-8-5-14(2)13-15(18)3/h5-8,13H,4,9-12H2,1-3H3. The number of sulfonamides is 1. The van der Waals surface area contributed by atoms with Gasteiger partial charge in [0, 0.05) is 32.6 Å². The lowest BCUT2D eigenvalue weighted by molar-refractivity contribution is 0.0664. The van der Waals surface area contributed by atoms with Gasteiger partial charge in [0.25, 0.3) is 5.91 Å². The van der Waals surface area contributed by atoms with Gasteiger partial charge in [0.1, 0.15) is 5.76 Å². The average Bonchev–Trinajstić information content (AvgIpc) is 3.10. The van der Waals surface area contributed by atoms with Crippen molar-refractivity contribution >= 4 is 15.9 Å². The zero-order chi connectivity index (χ0) is 18.9. The van der Waals surface area contributed by atoms with Gasteiger partial charge in [0.05, 0.1) is 4.90 Å². The SMILES string of the molecule is CCc1ccc(C(=O)N2CCN(S(=O)(=O)c3ccc(C)cc3C)CC2)o1. The minimum Gasteiger partial charge on any atom is -0.456 e. The van der Waals surface area contributed by atoms with Gasteiger partial charge in [0.15, 0.2) is 5.76 Å². The van der Waals surface area contributed by atoms with Crippen LogP contribution in [0.25, 0.3) is 0 Å². The number of benzene rings is 1. The van der Waals surface area contributed by atoms with Crippen molar-refractivity contribution in [3.63, 3.8) is 0 Å². The minimum absolute atomic E-state index is 0.187. The van der Waals surface area contributed by atoms with Crippen LogP contribution in [0.4, 0.5) is 0 Å². The molecule has 2 aromatic rings. The Morgan fingerprint density at radius 3 is 2.35 bits per heavy atom. The van der Waals surface area contributed by atoms with Crippen molar-refractivity contribution in [1.82, 2.24) is 9.21 Å². The van der Waals surface area contributed by atoms with Crippen molar-refractivity contribution < 1.29 is 17.6 Å². The molecule has 6 nitrogen and oxygen atoms in total. The topological polar surface area (TPSA) is 70.8 Å². The molecular formula is C19H24N2O4S. The largest absolute Gasteiger partial charge is 0.456 e. The molecule has 7 heteroatoms. The van der Waals surface area contributed by atoms with Crippen molar-refractivity contribution in [2.24, 2.45) is 0 Å². The Labute approximate surface area is 154 Å². The fourth-order valence-corrected chi connectivity index (χ4v) is 4.83. The van der Waals surface area contributed by atoms with E-state index in [9.17, 15) is 13.2 Å². The molecule has 0 radical (unpaired) electrons. The number of rotatable bonds is 4. The molecule has 1 amide bonds. The van der Waals surface area contributed by atoms with E-state index >= 15 is 0 Å². The van der Waals surface area contributed by atoms with Crippen LogP contribution in [0.5, 0.6) is 0 Å². The van der Waals surface area contributed by atoms with E-state index in [2.05, 4.69) is 0 Å². The summed E-state index contributed by atoms with van der Waals surface area (Å²) in [6.07, 6.45) is 0.731. The van der Waals surface area contributed by atoms with Crippen LogP contribution < -0.4 is 0 Å². The Balaban J connectivity index is 1.70. The molecule has 1 fully saturated rings. The number of nitrogens with zero attached hydrogens (tertiary/aromatic N) is 2. The molecule has 1 aromatic carbocycles. The number of carbonyl (C=O) groups excluding carboxylic acids is 1. The first-order valence-electron chi connectivity index (χ1n) is 8.78. The molecule has 1 saturated heterocycles. The lowest BCUT2D eigenvalue weighted by Gasteiger charge is -2.33. The van der Waals surface area contributed by atoms with E-state index in [1.807, 2.05) is 32.9 Å². The summed E-state index contributed by atoms with van der Waals surface area (Å²) in [4.78, 5) is 14.5. The summed E-state index contributed by atoms with van der Waals surface area (Å²) >= 11 is 0. The second kappa shape index (κ2) is 7.25. The van der Waals surface area contributed by atoms with Crippen molar-refractivity contribution in [3.8, 4) is 0 Å². The summed E-state index contributed by atoms with van der Waals surface area (Å²) in [5.74, 6) is 0.894. The first-order chi connectivity index (χ1) is 12.3. The predicted octanol–water partition coefficient (Wildman–Crippen LogP) is 2.61. The number of carbonyl (C=O) groups is 1. The van der Waals surface area contributed by atoms with Gasteiger partial charge in [0.2, 0.25) is 10.0 Å². The first kappa shape index (κ1) is 18.7. The Bertz CT molecular complexity index is 909. The van der Waals surface area contributed by atoms with Crippen molar-refractivity contribution in [2.45, 2.75) is 32.1 Å². The Kier molecular flexibility index (Phi) is 5.20. The van der Waals surface area contributed by atoms with E-state index in [0.717, 1.165) is 23.3 Å². The Morgan fingerprint density at radius 2 is 1.77 bits per heavy atom. The summed E-state index contributed by atoms with van der Waals surface area (Å²) in [5.41, 5.74) is 1.77. The van der Waals surface area contributed by atoms with E-state index in [1.54, 1.807) is 23.1 Å². The summed E-state index contributed by atoms with van der Waals surface area (Å²) in [6.45, 7) is 6.97. The highest BCUT2D eigenvalue weighted by Crippen LogP contribution is 2.22. The third-order valence-corrected chi connectivity index (χ3v) is 6.75. The molecule has 0 spiro atoms. The fraction of sp³-hybridized carbons (Fsp3) is 0.421. The molecule has 0 bridgehead atoms. The van der Waals surface area contributed by atoms with Gasteiger partial charge in [-0.15, -0.1) is 0 Å². The van der Waals surface area contributed by atoms with Gasteiger partial charge >= 0.3 is 0 Å². The first-order valence-corrected chi connectivity index (χ1v) is 10.2. The smallest absolute Gasteiger partial charge is 0.289 e. The van der Waals surface area contributed by atoms with Crippen LogP contribution in [-0.4, -0.2) is 49.7 Å². The second-order valence-corrected chi connectivity index (χ2v) is 8.49. The third-order valence-electron chi connectivity index (χ3n) is 4.70. The molecule has 1 aromatic heterocycles. The van der Waals surface area contributed by atoms with E-state index in [0.29, 0.717) is 23.7 Å². The predicted molar refractivity (Wildman–Crippen MR) is 98.7 cm³/mol. The molecule has 26 heavy (non-hydrogen) atoms. The zero-order valence-corrected chi connectivity index (χ0v) is 16.2. The Hall–Kier alpha value is -2.12. The molecule has 3 rings (SSSR count). The third kappa shape index (κ3) is 3.54. The van der Waals surface area contributed by atoms with Gasteiger partial charge < -0.3 is 9.32 Å². The number of amides is 1. The van der Waals surface area contributed by atoms with Gasteiger partial charge in [-0.1, -0.05) is 24.6 Å². The van der Waals surface area contributed by atoms with Crippen LogP contribution in [0.1, 0.15) is 34.4 Å². The van der Waals surface area contributed by atoms with Gasteiger partial charge in [-0.2, -0.15) is 4.31 Å². The quantitative estimate of drug-likeness (QED) is 0.822. The molecule has 0 atom stereocenters. The molecular weight excluding hydrogens is 352 g/mol. The number of hydrogen-bond donors (Lipinski definition) is 0. The highest BCUT2D eigenvalue weighted by atomic mass is 32.2. The minimum atomic E-state index is -3.55. The maximum Gasteiger partial charge on any atom is 0.289 e. The number of furan rings is 1. The van der Waals surface area contributed by atoms with Crippen LogP contribution >= 0.6 is 0 Å². The fourth-order valence-electron chi connectivity index (χ4n) is 3.20. The zero-order valence-electron chi connectivity index (χ0n) is 15.4. The molecule has 1 aliphatic rings. The normalized spacial score (nSPS) is 16.0. The van der Waals surface area contributed by atoms with E-state index in [-0.39, 0.29) is 19.0 Å². The summed E-state index contributed by atoms with van der Waals surface area (Å²) in [6, 6.07) is 8.82. The van der Waals surface area contributed by atoms with E-state index in [1.165, 1.54) is 4.31 Å². The monoisotopic (exact) mass is 376 g/mol. The number of hydrogen-bond acceptors (Lipinski definition) is 4. The molecule has 140 valence electrons. The highest BCUT2D eigenvalue weighted by Gasteiger charge is 2.32. The summed E-state index contributed by atoms with van der Waals surface area (Å²) < 4.78 is 32.8. The number of aryl methyl sites for hydroxylation is 3. The van der Waals surface area contributed by atoms with Crippen LogP contribution in [0.2, 0.25) is 0 Å². The second-order valence-electron chi connectivity index (χ2n) is 6.58. The van der Waals surface area contributed by atoms with Crippen molar-refractivity contribution in [3.05, 3.63) is 53.0 Å². The summed E-state index contributed by atoms with van der Waals surface area (Å²) in [7, 11) is -3.55. The van der Waals surface area contributed by atoms with Gasteiger partial charge in [-0.25, -0.2) is 8.42 Å². The highest BCUT2D eigenvalue weighted by molar-refractivity contribution is 7.89. The molecule has 2 heterocycles. The van der Waals surface area contributed by atoms with Crippen LogP contribution in [0.3, 0.4) is 0 Å². The number of piperazine rings is 1. The Morgan fingerprint density at radius 1 is 1.08 bits per heavy atom. The van der Waals surface area contributed by atoms with E-state index < -0.39 is 10.0 Å². The van der Waals surface area contributed by atoms with E-state index in [4.69, 9.17) is 4.42 Å². The van der Waals surface area contributed by atoms with Crippen LogP contribution in [0.15, 0.2) is 39.6 Å². The van der Waals surface area contributed by atoms with Crippen LogP contribution in [0, 0.1) is 13.8 Å². The van der Waals surface area contributed by atoms with Crippen LogP contribution in [-0.2, 0) is 16.4 Å².